The second kappa shape index (κ2) is 7.79. The van der Waals surface area contributed by atoms with Crippen molar-refractivity contribution in [1.82, 2.24) is 15.1 Å². The van der Waals surface area contributed by atoms with Gasteiger partial charge in [0, 0.05) is 23.8 Å². The number of nitrogens with one attached hydrogen (secondary N) is 1. The minimum Gasteiger partial charge on any atom is -0.306 e. The number of rotatable bonds is 6. The molecule has 3 rings (SSSR count). The van der Waals surface area contributed by atoms with Crippen LogP contribution in [0.25, 0.3) is 0 Å². The Balaban J connectivity index is 1.70. The van der Waals surface area contributed by atoms with Crippen LogP contribution in [-0.2, 0) is 13.1 Å². The molecule has 3 nitrogen and oxygen atoms in total. The highest BCUT2D eigenvalue weighted by Crippen LogP contribution is 2.19. The lowest BCUT2D eigenvalue weighted by Crippen LogP contribution is -2.19. The molecule has 3 aromatic rings. The zero-order valence-electron chi connectivity index (χ0n) is 15.3. The van der Waals surface area contributed by atoms with Gasteiger partial charge in [-0.25, -0.2) is 8.78 Å². The average Bonchev–Trinajstić information content (AvgIpc) is 2.89. The lowest BCUT2D eigenvalue weighted by Gasteiger charge is -2.15. The van der Waals surface area contributed by atoms with Gasteiger partial charge in [-0.2, -0.15) is 5.10 Å². The first-order valence-electron chi connectivity index (χ1n) is 8.71. The number of aromatic nitrogens is 2. The van der Waals surface area contributed by atoms with Gasteiger partial charge in [0.05, 0.1) is 12.2 Å². The molecule has 0 saturated heterocycles. The van der Waals surface area contributed by atoms with Crippen molar-refractivity contribution in [3.8, 4) is 0 Å². The van der Waals surface area contributed by atoms with Crippen LogP contribution in [0.2, 0.25) is 0 Å². The first-order chi connectivity index (χ1) is 12.5. The third kappa shape index (κ3) is 3.99. The predicted octanol–water partition coefficient (Wildman–Crippen LogP) is 4.68. The Morgan fingerprint density at radius 3 is 2.46 bits per heavy atom. The number of hydrogen-bond acceptors (Lipinski definition) is 2. The van der Waals surface area contributed by atoms with Gasteiger partial charge in [-0.15, -0.1) is 0 Å². The zero-order chi connectivity index (χ0) is 18.7. The van der Waals surface area contributed by atoms with Crippen LogP contribution in [0.1, 0.15) is 41.0 Å². The van der Waals surface area contributed by atoms with Gasteiger partial charge >= 0.3 is 0 Å². The fourth-order valence-electron chi connectivity index (χ4n) is 3.05. The van der Waals surface area contributed by atoms with Crippen LogP contribution in [-0.4, -0.2) is 9.78 Å². The molecule has 136 valence electrons. The quantitative estimate of drug-likeness (QED) is 0.696. The number of halogens is 2. The van der Waals surface area contributed by atoms with Crippen LogP contribution in [0.15, 0.2) is 48.5 Å². The molecule has 1 N–H and O–H groups in total. The van der Waals surface area contributed by atoms with Crippen LogP contribution >= 0.6 is 0 Å². The second-order valence-electron chi connectivity index (χ2n) is 6.57. The molecular formula is C21H23F2N3. The average molecular weight is 355 g/mol. The van der Waals surface area contributed by atoms with Crippen LogP contribution in [0.4, 0.5) is 8.78 Å². The maximum absolute atomic E-state index is 13.4. The van der Waals surface area contributed by atoms with Gasteiger partial charge in [0.15, 0.2) is 11.6 Å². The van der Waals surface area contributed by atoms with Crippen LogP contribution < -0.4 is 5.32 Å². The fourth-order valence-corrected chi connectivity index (χ4v) is 3.05. The molecule has 5 heteroatoms. The first-order valence-corrected chi connectivity index (χ1v) is 8.71. The highest BCUT2D eigenvalue weighted by atomic mass is 19.2. The summed E-state index contributed by atoms with van der Waals surface area (Å²) in [6.07, 6.45) is 0. The van der Waals surface area contributed by atoms with Crippen molar-refractivity contribution in [3.05, 3.63) is 88.2 Å². The lowest BCUT2D eigenvalue weighted by molar-refractivity contribution is 0.500. The first kappa shape index (κ1) is 18.3. The van der Waals surface area contributed by atoms with Crippen molar-refractivity contribution >= 4 is 0 Å². The Morgan fingerprint density at radius 2 is 1.77 bits per heavy atom. The summed E-state index contributed by atoms with van der Waals surface area (Å²) < 4.78 is 28.5. The predicted molar refractivity (Wildman–Crippen MR) is 98.9 cm³/mol. The monoisotopic (exact) mass is 355 g/mol. The van der Waals surface area contributed by atoms with E-state index in [-0.39, 0.29) is 6.04 Å². The van der Waals surface area contributed by atoms with E-state index in [1.165, 1.54) is 11.6 Å². The Bertz CT molecular complexity index is 888. The SMILES string of the molecule is Cc1nn(Cc2ccccc2)c(C)c1CNC(C)c1ccc(F)c(F)c1. The summed E-state index contributed by atoms with van der Waals surface area (Å²) in [5.41, 5.74) is 5.14. The molecule has 0 fully saturated rings. The van der Waals surface area contributed by atoms with Gasteiger partial charge < -0.3 is 5.32 Å². The van der Waals surface area contributed by atoms with E-state index in [4.69, 9.17) is 0 Å². The Kier molecular flexibility index (Phi) is 5.47. The van der Waals surface area contributed by atoms with E-state index in [1.807, 2.05) is 36.7 Å². The van der Waals surface area contributed by atoms with Crippen molar-refractivity contribution in [2.45, 2.75) is 39.9 Å². The topological polar surface area (TPSA) is 29.9 Å². The smallest absolute Gasteiger partial charge is 0.159 e. The molecule has 1 atom stereocenters. The van der Waals surface area contributed by atoms with Crippen molar-refractivity contribution in [2.24, 2.45) is 0 Å². The molecule has 2 aromatic carbocycles. The molecule has 0 amide bonds. The van der Waals surface area contributed by atoms with E-state index in [1.54, 1.807) is 6.07 Å². The third-order valence-electron chi connectivity index (χ3n) is 4.74. The summed E-state index contributed by atoms with van der Waals surface area (Å²) in [6.45, 7) is 7.33. The molecule has 26 heavy (non-hydrogen) atoms. The van der Waals surface area contributed by atoms with E-state index in [0.29, 0.717) is 6.54 Å². The largest absolute Gasteiger partial charge is 0.306 e. The Labute approximate surface area is 152 Å². The van der Waals surface area contributed by atoms with Gasteiger partial charge in [-0.1, -0.05) is 36.4 Å². The number of aryl methyl sites for hydroxylation is 1. The molecule has 1 aromatic heterocycles. The normalized spacial score (nSPS) is 12.3. The van der Waals surface area contributed by atoms with Crippen molar-refractivity contribution < 1.29 is 8.78 Å². The Morgan fingerprint density at radius 1 is 1.04 bits per heavy atom. The number of nitrogens with zero attached hydrogens (tertiary/aromatic N) is 2. The number of benzene rings is 2. The van der Waals surface area contributed by atoms with Crippen LogP contribution in [0.3, 0.4) is 0 Å². The van der Waals surface area contributed by atoms with Gasteiger partial charge in [0.25, 0.3) is 0 Å². The minimum absolute atomic E-state index is 0.0960. The van der Waals surface area contributed by atoms with Crippen LogP contribution in [0.5, 0.6) is 0 Å². The number of hydrogen-bond donors (Lipinski definition) is 1. The van der Waals surface area contributed by atoms with Crippen molar-refractivity contribution in [2.75, 3.05) is 0 Å². The second-order valence-corrected chi connectivity index (χ2v) is 6.57. The van der Waals surface area contributed by atoms with E-state index >= 15 is 0 Å². The highest BCUT2D eigenvalue weighted by Gasteiger charge is 2.14. The molecular weight excluding hydrogens is 332 g/mol. The van der Waals surface area contributed by atoms with E-state index < -0.39 is 11.6 Å². The zero-order valence-corrected chi connectivity index (χ0v) is 15.3. The molecule has 0 saturated carbocycles. The van der Waals surface area contributed by atoms with Gasteiger partial charge in [0.1, 0.15) is 0 Å². The van der Waals surface area contributed by atoms with Crippen molar-refractivity contribution in [1.29, 1.82) is 0 Å². The maximum Gasteiger partial charge on any atom is 0.159 e. The summed E-state index contributed by atoms with van der Waals surface area (Å²) in [7, 11) is 0. The third-order valence-corrected chi connectivity index (χ3v) is 4.74. The molecule has 0 bridgehead atoms. The summed E-state index contributed by atoms with van der Waals surface area (Å²) in [5, 5.41) is 8.03. The molecule has 0 aliphatic heterocycles. The molecule has 0 radical (unpaired) electrons. The summed E-state index contributed by atoms with van der Waals surface area (Å²) in [4.78, 5) is 0. The highest BCUT2D eigenvalue weighted by molar-refractivity contribution is 5.27. The fraction of sp³-hybridized carbons (Fsp3) is 0.286. The summed E-state index contributed by atoms with van der Waals surface area (Å²) in [6, 6.07) is 14.1. The van der Waals surface area contributed by atoms with Gasteiger partial charge in [-0.05, 0) is 44.0 Å². The van der Waals surface area contributed by atoms with Crippen molar-refractivity contribution in [3.63, 3.8) is 0 Å². The van der Waals surface area contributed by atoms with Crippen LogP contribution in [0, 0.1) is 25.5 Å². The Hall–Kier alpha value is -2.53. The maximum atomic E-state index is 13.4. The van der Waals surface area contributed by atoms with E-state index in [2.05, 4.69) is 29.5 Å². The van der Waals surface area contributed by atoms with E-state index in [9.17, 15) is 8.78 Å². The standard InChI is InChI=1S/C21H23F2N3/c1-14(18-9-10-20(22)21(23)11-18)24-12-19-15(2)25-26(16(19)3)13-17-7-5-4-6-8-17/h4-11,14,24H,12-13H2,1-3H3. The lowest BCUT2D eigenvalue weighted by atomic mass is 10.1. The molecule has 1 heterocycles. The minimum atomic E-state index is -0.824. The van der Waals surface area contributed by atoms with Gasteiger partial charge in [-0.3, -0.25) is 4.68 Å². The summed E-state index contributed by atoms with van der Waals surface area (Å²) >= 11 is 0. The molecule has 0 aliphatic carbocycles. The van der Waals surface area contributed by atoms with Gasteiger partial charge in [0.2, 0.25) is 0 Å². The van der Waals surface area contributed by atoms with E-state index in [0.717, 1.165) is 35.1 Å². The molecule has 1 unspecified atom stereocenters. The molecule has 0 spiro atoms. The summed E-state index contributed by atoms with van der Waals surface area (Å²) in [5.74, 6) is -1.64. The molecule has 0 aliphatic rings.